The van der Waals surface area contributed by atoms with Gasteiger partial charge in [0.25, 0.3) is 23.6 Å². The van der Waals surface area contributed by atoms with Gasteiger partial charge in [0, 0.05) is 101 Å². The largest absolute Gasteiger partial charge is 0.503 e. The van der Waals surface area contributed by atoms with Crippen LogP contribution in [0.5, 0.6) is 17.2 Å². The van der Waals surface area contributed by atoms with Gasteiger partial charge in [0.2, 0.25) is 16.3 Å². The van der Waals surface area contributed by atoms with E-state index in [2.05, 4.69) is 21.3 Å². The molecule has 8 N–H and O–H groups in total. The number of nitrogens with one attached hydrogen (secondary N) is 4. The molecule has 4 rings (SSSR count). The van der Waals surface area contributed by atoms with Crippen LogP contribution in [-0.2, 0) is 29.1 Å². The molecule has 0 aliphatic carbocycles. The van der Waals surface area contributed by atoms with E-state index < -0.39 is 62.7 Å². The number of ether oxygens (including phenoxy) is 2. The van der Waals surface area contributed by atoms with Crippen molar-refractivity contribution >= 4 is 23.6 Å². The molecule has 0 atom stereocenters. The Balaban J connectivity index is 1.59. The van der Waals surface area contributed by atoms with Crippen molar-refractivity contribution in [3.8, 4) is 17.2 Å². The molecule has 3 aromatic heterocycles. The van der Waals surface area contributed by atoms with E-state index in [9.17, 15) is 54.0 Å². The van der Waals surface area contributed by atoms with E-state index in [0.717, 1.165) is 18.2 Å². The maximum Gasteiger partial charge on any atom is 0.271 e. The summed E-state index contributed by atoms with van der Waals surface area (Å²) in [5.74, 6) is -4.87. The lowest BCUT2D eigenvalue weighted by Gasteiger charge is -2.36. The van der Waals surface area contributed by atoms with Crippen LogP contribution in [0.25, 0.3) is 0 Å². The van der Waals surface area contributed by atoms with E-state index in [4.69, 9.17) is 9.47 Å². The van der Waals surface area contributed by atoms with Crippen molar-refractivity contribution < 1.29 is 49.1 Å². The number of methoxy groups -OCH3 is 2. The zero-order valence-corrected chi connectivity index (χ0v) is 35.3. The molecule has 20 nitrogen and oxygen atoms in total. The maximum atomic E-state index is 13.9. The van der Waals surface area contributed by atoms with Crippen molar-refractivity contribution in [2.24, 2.45) is 0 Å². The minimum Gasteiger partial charge on any atom is -0.503 e. The summed E-state index contributed by atoms with van der Waals surface area (Å²) in [6.07, 6.45) is 5.47. The highest BCUT2D eigenvalue weighted by Crippen LogP contribution is 2.27. The molecule has 1 aromatic carbocycles. The van der Waals surface area contributed by atoms with Gasteiger partial charge in [-0.2, -0.15) is 0 Å². The molecule has 20 heteroatoms. The highest BCUT2D eigenvalue weighted by atomic mass is 16.5. The summed E-state index contributed by atoms with van der Waals surface area (Å²) in [4.78, 5) is 90.7. The Kier molecular flexibility index (Phi) is 18.6. The van der Waals surface area contributed by atoms with E-state index in [1.54, 1.807) is 30.3 Å². The fourth-order valence-corrected chi connectivity index (χ4v) is 7.05. The summed E-state index contributed by atoms with van der Waals surface area (Å²) in [7, 11) is 2.94. The average Bonchev–Trinajstić information content (AvgIpc) is 3.27. The van der Waals surface area contributed by atoms with Crippen molar-refractivity contribution in [1.82, 2.24) is 35.0 Å². The summed E-state index contributed by atoms with van der Waals surface area (Å²) >= 11 is 0. The summed E-state index contributed by atoms with van der Waals surface area (Å²) < 4.78 is 14.2. The molecule has 0 aliphatic rings. The number of aromatic hydroxyl groups is 3. The molecule has 0 aliphatic heterocycles. The molecule has 0 unspecified atom stereocenters. The highest BCUT2D eigenvalue weighted by molar-refractivity contribution is 5.96. The molecule has 4 aromatic rings. The molecule has 340 valence electrons. The Morgan fingerprint density at radius 1 is 0.556 bits per heavy atom. The monoisotopic (exact) mass is 877 g/mol. The first-order valence-electron chi connectivity index (χ1n) is 20.4. The van der Waals surface area contributed by atoms with Gasteiger partial charge in [0.15, 0.2) is 34.3 Å². The number of aromatic nitrogens is 3. The lowest BCUT2D eigenvalue weighted by Crippen LogP contribution is -2.50. The normalized spacial score (nSPS) is 11.2. The van der Waals surface area contributed by atoms with E-state index in [1.165, 1.54) is 46.5 Å². The van der Waals surface area contributed by atoms with Crippen molar-refractivity contribution in [2.75, 3.05) is 53.7 Å². The molecule has 0 radical (unpaired) electrons. The first-order valence-corrected chi connectivity index (χ1v) is 20.4. The van der Waals surface area contributed by atoms with Crippen molar-refractivity contribution in [1.29, 1.82) is 0 Å². The number of carbonyl (C=O) groups excluding carboxylic acids is 4. The minimum atomic E-state index is -1.06. The lowest BCUT2D eigenvalue weighted by atomic mass is 9.83. The first kappa shape index (κ1) is 48.9. The molecule has 63 heavy (non-hydrogen) atoms. The average molecular weight is 878 g/mol. The Labute approximate surface area is 362 Å². The van der Waals surface area contributed by atoms with Gasteiger partial charge in [-0.15, -0.1) is 0 Å². The molecular weight excluding hydrogens is 823 g/mol. The second-order valence-corrected chi connectivity index (χ2v) is 14.6. The standard InChI is InChI=1S/C43H55N7O13/c1-62-27-24-49-21-12-31(53)37(56)34(49)41(60)45-18-7-15-43(47-39(58)29-9-4-3-5-10-29,14-6-17-44-40(59)33-36(55)30(52)11-20-48(33)23-26-51)16-8-19-46-42(61)35-38(57)32(54)13-22-50(35)25-28-63-2/h3-5,9-13,20-22,51,55-57H,6-8,14-19,23-28H2,1-2H3,(H,44,59)(H,45,60)(H,46,61)(H,47,58). The van der Waals surface area contributed by atoms with Crippen LogP contribution in [0.4, 0.5) is 0 Å². The molecule has 0 bridgehead atoms. The number of aliphatic hydroxyl groups is 1. The number of aliphatic hydroxyl groups excluding tert-OH is 1. The third-order valence-electron chi connectivity index (χ3n) is 10.3. The van der Waals surface area contributed by atoms with Gasteiger partial charge in [-0.3, -0.25) is 33.6 Å². The van der Waals surface area contributed by atoms with Gasteiger partial charge >= 0.3 is 0 Å². The molecular formula is C43H55N7O13. The lowest BCUT2D eigenvalue weighted by molar-refractivity contribution is 0.0856. The molecule has 0 fully saturated rings. The van der Waals surface area contributed by atoms with E-state index in [0.29, 0.717) is 5.56 Å². The van der Waals surface area contributed by atoms with Gasteiger partial charge in [0.05, 0.1) is 19.8 Å². The second-order valence-electron chi connectivity index (χ2n) is 14.6. The van der Waals surface area contributed by atoms with Gasteiger partial charge in [-0.25, -0.2) is 0 Å². The summed E-state index contributed by atoms with van der Waals surface area (Å²) in [5, 5.41) is 52.3. The smallest absolute Gasteiger partial charge is 0.271 e. The number of rotatable bonds is 25. The van der Waals surface area contributed by atoms with Crippen LogP contribution in [0.2, 0.25) is 0 Å². The van der Waals surface area contributed by atoms with Gasteiger partial charge in [-0.1, -0.05) is 18.2 Å². The summed E-state index contributed by atoms with van der Waals surface area (Å²) in [6.45, 7) is 0.379. The number of pyridine rings is 3. The van der Waals surface area contributed by atoms with Crippen LogP contribution in [0.3, 0.4) is 0 Å². The number of carbonyl (C=O) groups is 4. The van der Waals surface area contributed by atoms with Crippen molar-refractivity contribution in [2.45, 2.75) is 63.7 Å². The third kappa shape index (κ3) is 13.4. The Morgan fingerprint density at radius 2 is 0.921 bits per heavy atom. The van der Waals surface area contributed by atoms with Crippen LogP contribution in [-0.4, -0.2) is 117 Å². The Bertz CT molecular complexity index is 2290. The molecule has 4 amide bonds. The Morgan fingerprint density at radius 3 is 1.27 bits per heavy atom. The van der Waals surface area contributed by atoms with Crippen LogP contribution >= 0.6 is 0 Å². The molecule has 3 heterocycles. The minimum absolute atomic E-state index is 0.00941. The number of hydrogen-bond acceptors (Lipinski definition) is 13. The Hall–Kier alpha value is -6.77. The second kappa shape index (κ2) is 24.0. The van der Waals surface area contributed by atoms with Gasteiger partial charge in [-0.05, 0) is 50.7 Å². The highest BCUT2D eigenvalue weighted by Gasteiger charge is 2.32. The van der Waals surface area contributed by atoms with Gasteiger partial charge in [0.1, 0.15) is 0 Å². The van der Waals surface area contributed by atoms with E-state index in [-0.39, 0.29) is 115 Å². The van der Waals surface area contributed by atoms with Crippen LogP contribution in [0, 0.1) is 0 Å². The van der Waals surface area contributed by atoms with Crippen LogP contribution in [0.1, 0.15) is 80.3 Å². The number of hydrogen-bond donors (Lipinski definition) is 8. The predicted molar refractivity (Wildman–Crippen MR) is 229 cm³/mol. The molecule has 0 spiro atoms. The fourth-order valence-electron chi connectivity index (χ4n) is 7.05. The number of benzene rings is 1. The predicted octanol–water partition coefficient (Wildman–Crippen LogP) is 0.673. The first-order chi connectivity index (χ1) is 30.3. The molecule has 0 saturated carbocycles. The zero-order valence-electron chi connectivity index (χ0n) is 35.3. The van der Waals surface area contributed by atoms with Crippen molar-refractivity contribution in [3.05, 3.63) is 120 Å². The number of amides is 4. The van der Waals surface area contributed by atoms with Crippen LogP contribution < -0.4 is 37.6 Å². The number of nitrogens with zero attached hydrogens (tertiary/aromatic N) is 3. The quantitative estimate of drug-likeness (QED) is 0.0426. The van der Waals surface area contributed by atoms with Crippen LogP contribution in [0.15, 0.2) is 81.5 Å². The SMILES string of the molecule is COCCn1ccc(=O)c(O)c1C(=O)NCCCC(CCCNC(=O)c1c(O)c(=O)ccn1CCO)(CCCNC(=O)c1c(O)c(=O)ccn1CCOC)NC(=O)c1ccccc1. The van der Waals surface area contributed by atoms with Crippen molar-refractivity contribution in [3.63, 3.8) is 0 Å². The molecule has 0 saturated heterocycles. The van der Waals surface area contributed by atoms with Gasteiger partial charge < -0.3 is 64.9 Å². The maximum absolute atomic E-state index is 13.9. The van der Waals surface area contributed by atoms with E-state index in [1.807, 2.05) is 0 Å². The fraction of sp³-hybridized carbons (Fsp3) is 0.419. The topological polar surface area (TPSA) is 282 Å². The summed E-state index contributed by atoms with van der Waals surface area (Å²) in [6, 6.07) is 11.7. The summed E-state index contributed by atoms with van der Waals surface area (Å²) in [5.41, 5.74) is -3.81. The third-order valence-corrected chi connectivity index (χ3v) is 10.3. The zero-order chi connectivity index (χ0) is 45.9. The van der Waals surface area contributed by atoms with E-state index >= 15 is 0 Å².